The quantitative estimate of drug-likeness (QED) is 0.429. The van der Waals surface area contributed by atoms with Crippen molar-refractivity contribution in [2.24, 2.45) is 19.1 Å². The van der Waals surface area contributed by atoms with Crippen LogP contribution in [0.5, 0.6) is 5.88 Å². The first-order valence-electron chi connectivity index (χ1n) is 7.83. The van der Waals surface area contributed by atoms with Gasteiger partial charge in [-0.1, -0.05) is 0 Å². The van der Waals surface area contributed by atoms with Gasteiger partial charge in [0, 0.05) is 20.2 Å². The molecule has 10 heteroatoms. The fourth-order valence-electron chi connectivity index (χ4n) is 2.14. The van der Waals surface area contributed by atoms with Crippen LogP contribution in [-0.2, 0) is 33.2 Å². The van der Waals surface area contributed by atoms with E-state index in [0.717, 1.165) is 29.4 Å². The van der Waals surface area contributed by atoms with Crippen molar-refractivity contribution in [3.63, 3.8) is 0 Å². The normalized spacial score (nSPS) is 12.7. The molecule has 1 N–H and O–H groups in total. The Bertz CT molecular complexity index is 943. The summed E-state index contributed by atoms with van der Waals surface area (Å²) in [6.45, 7) is 5.05. The summed E-state index contributed by atoms with van der Waals surface area (Å²) >= 11 is 0. The molecule has 0 atom stereocenters. The fraction of sp³-hybridized carbons (Fsp3) is 0.471. The molecule has 0 unspecified atom stereocenters. The number of hydrogen-bond acceptors (Lipinski definition) is 8. The molecule has 0 aliphatic carbocycles. The molecule has 0 saturated heterocycles. The molecular weight excluding hydrogens is 358 g/mol. The molecule has 0 spiro atoms. The zero-order chi connectivity index (χ0) is 21.1. The van der Waals surface area contributed by atoms with Crippen LogP contribution in [0.2, 0.25) is 0 Å². The lowest BCUT2D eigenvalue weighted by Crippen LogP contribution is -2.41. The minimum Gasteiger partial charge on any atom is -0.494 e. The lowest BCUT2D eigenvalue weighted by molar-refractivity contribution is -0.138. The molecule has 1 aromatic rings. The van der Waals surface area contributed by atoms with Crippen LogP contribution < -0.4 is 11.2 Å². The third-order valence-corrected chi connectivity index (χ3v) is 3.44. The lowest BCUT2D eigenvalue weighted by Gasteiger charge is -2.19. The van der Waals surface area contributed by atoms with E-state index < -0.39 is 45.7 Å². The van der Waals surface area contributed by atoms with Crippen LogP contribution in [0, 0.1) is 0 Å². The van der Waals surface area contributed by atoms with Gasteiger partial charge in [-0.2, -0.15) is 0 Å². The second-order valence-electron chi connectivity index (χ2n) is 6.61. The zero-order valence-electron chi connectivity index (χ0n) is 16.3. The van der Waals surface area contributed by atoms with Crippen LogP contribution in [0.4, 0.5) is 0 Å². The summed E-state index contributed by atoms with van der Waals surface area (Å²) in [6.07, 6.45) is 0.806. The number of ether oxygens (including phenoxy) is 2. The summed E-state index contributed by atoms with van der Waals surface area (Å²) in [4.78, 5) is 53.0. The molecule has 0 fully saturated rings. The number of hydrogen-bond donors (Lipinski definition) is 1. The van der Waals surface area contributed by atoms with Gasteiger partial charge in [0.2, 0.25) is 5.88 Å². The van der Waals surface area contributed by atoms with Crippen molar-refractivity contribution in [3.05, 3.63) is 38.1 Å². The average molecular weight is 381 g/mol. The first-order chi connectivity index (χ1) is 12.4. The Labute approximate surface area is 155 Å². The van der Waals surface area contributed by atoms with E-state index >= 15 is 0 Å². The topological polar surface area (TPSA) is 129 Å². The Hall–Kier alpha value is -3.17. The summed E-state index contributed by atoms with van der Waals surface area (Å²) in [5, 5.41) is 10.4. The number of nitrogens with zero attached hydrogens (tertiary/aromatic N) is 3. The molecule has 1 aromatic heterocycles. The van der Waals surface area contributed by atoms with E-state index in [1.807, 2.05) is 0 Å². The SMILES string of the molecule is COC(=O)/C=C(/C(=O)OC)C(=NC(C)(C)C)c1c(O)n(C)c(=O)n(C)c1=O. The van der Waals surface area contributed by atoms with Gasteiger partial charge in [-0.3, -0.25) is 18.9 Å². The number of methoxy groups -OCH3 is 2. The van der Waals surface area contributed by atoms with E-state index in [1.54, 1.807) is 20.8 Å². The largest absolute Gasteiger partial charge is 0.494 e. The second-order valence-corrected chi connectivity index (χ2v) is 6.61. The van der Waals surface area contributed by atoms with Crippen LogP contribution in [0.1, 0.15) is 26.3 Å². The van der Waals surface area contributed by atoms with E-state index in [-0.39, 0.29) is 5.71 Å². The molecule has 0 amide bonds. The van der Waals surface area contributed by atoms with E-state index in [2.05, 4.69) is 14.5 Å². The molecule has 148 valence electrons. The highest BCUT2D eigenvalue weighted by molar-refractivity contribution is 6.29. The predicted molar refractivity (Wildman–Crippen MR) is 97.0 cm³/mol. The maximum atomic E-state index is 12.7. The highest BCUT2D eigenvalue weighted by atomic mass is 16.5. The Morgan fingerprint density at radius 3 is 2.07 bits per heavy atom. The number of aliphatic imine (C=N–C) groups is 1. The Kier molecular flexibility index (Phi) is 6.50. The highest BCUT2D eigenvalue weighted by Gasteiger charge is 2.29. The van der Waals surface area contributed by atoms with Crippen molar-refractivity contribution in [1.29, 1.82) is 0 Å². The third kappa shape index (κ3) is 4.72. The van der Waals surface area contributed by atoms with Crippen LogP contribution in [0.25, 0.3) is 0 Å². The Morgan fingerprint density at radius 2 is 1.63 bits per heavy atom. The molecule has 0 bridgehead atoms. The summed E-state index contributed by atoms with van der Waals surface area (Å²) in [5.41, 5.74) is -3.59. The summed E-state index contributed by atoms with van der Waals surface area (Å²) in [5.74, 6) is -2.57. The molecule has 1 heterocycles. The van der Waals surface area contributed by atoms with Crippen molar-refractivity contribution >= 4 is 17.7 Å². The van der Waals surface area contributed by atoms with Crippen LogP contribution in [0.3, 0.4) is 0 Å². The number of rotatable bonds is 4. The highest BCUT2D eigenvalue weighted by Crippen LogP contribution is 2.20. The standard InChI is InChI=1S/C17H23N3O7/c1-17(2,3)18-12(9(15(24)27-7)8-10(21)26-6)11-13(22)19(4)16(25)20(5)14(11)23/h8,22H,1-7H3/b9-8+,18-12?. The fourth-order valence-corrected chi connectivity index (χ4v) is 2.14. The van der Waals surface area contributed by atoms with Crippen molar-refractivity contribution in [1.82, 2.24) is 9.13 Å². The van der Waals surface area contributed by atoms with Gasteiger partial charge in [0.15, 0.2) is 0 Å². The zero-order valence-corrected chi connectivity index (χ0v) is 16.3. The van der Waals surface area contributed by atoms with Gasteiger partial charge < -0.3 is 14.6 Å². The second kappa shape index (κ2) is 8.02. The number of carbonyl (C=O) groups excluding carboxylic acids is 2. The number of carbonyl (C=O) groups is 2. The molecule has 0 radical (unpaired) electrons. The van der Waals surface area contributed by atoms with Gasteiger partial charge in [-0.05, 0) is 20.8 Å². The van der Waals surface area contributed by atoms with Gasteiger partial charge in [-0.15, -0.1) is 0 Å². The number of esters is 2. The molecule has 1 rings (SSSR count). The molecule has 0 aliphatic rings. The smallest absolute Gasteiger partial charge is 0.340 e. The van der Waals surface area contributed by atoms with Gasteiger partial charge >= 0.3 is 17.6 Å². The van der Waals surface area contributed by atoms with Crippen molar-refractivity contribution in [3.8, 4) is 5.88 Å². The van der Waals surface area contributed by atoms with Crippen molar-refractivity contribution < 1.29 is 24.2 Å². The molecule has 0 saturated carbocycles. The predicted octanol–water partition coefficient (Wildman–Crippen LogP) is -0.350. The summed E-state index contributed by atoms with van der Waals surface area (Å²) in [7, 11) is 4.65. The van der Waals surface area contributed by atoms with Gasteiger partial charge in [0.05, 0.1) is 31.0 Å². The third-order valence-electron chi connectivity index (χ3n) is 3.44. The first-order valence-corrected chi connectivity index (χ1v) is 7.83. The first kappa shape index (κ1) is 21.9. The lowest BCUT2D eigenvalue weighted by atomic mass is 10.0. The maximum Gasteiger partial charge on any atom is 0.340 e. The monoisotopic (exact) mass is 381 g/mol. The minimum atomic E-state index is -0.973. The number of aromatic hydroxyl groups is 1. The van der Waals surface area contributed by atoms with E-state index in [1.165, 1.54) is 14.1 Å². The van der Waals surface area contributed by atoms with E-state index in [0.29, 0.717) is 0 Å². The van der Waals surface area contributed by atoms with Gasteiger partial charge in [-0.25, -0.2) is 14.4 Å². The van der Waals surface area contributed by atoms with Crippen LogP contribution in [-0.4, -0.2) is 51.6 Å². The van der Waals surface area contributed by atoms with E-state index in [4.69, 9.17) is 0 Å². The summed E-state index contributed by atoms with van der Waals surface area (Å²) in [6, 6.07) is 0. The van der Waals surface area contributed by atoms with Crippen LogP contribution in [0.15, 0.2) is 26.2 Å². The average Bonchev–Trinajstić information content (AvgIpc) is 2.60. The van der Waals surface area contributed by atoms with Crippen molar-refractivity contribution in [2.45, 2.75) is 26.3 Å². The minimum absolute atomic E-state index is 0.298. The Morgan fingerprint density at radius 1 is 1.07 bits per heavy atom. The van der Waals surface area contributed by atoms with Gasteiger partial charge in [0.1, 0.15) is 5.56 Å². The Balaban J connectivity index is 4.08. The molecule has 27 heavy (non-hydrogen) atoms. The summed E-state index contributed by atoms with van der Waals surface area (Å²) < 4.78 is 10.8. The van der Waals surface area contributed by atoms with Gasteiger partial charge in [0.25, 0.3) is 5.56 Å². The number of aromatic nitrogens is 2. The van der Waals surface area contributed by atoms with E-state index in [9.17, 15) is 24.3 Å². The molecular formula is C17H23N3O7. The maximum absolute atomic E-state index is 12.7. The molecule has 10 nitrogen and oxygen atoms in total. The molecule has 0 aliphatic heterocycles. The van der Waals surface area contributed by atoms with Crippen molar-refractivity contribution in [2.75, 3.05) is 14.2 Å². The van der Waals surface area contributed by atoms with Crippen LogP contribution >= 0.6 is 0 Å². The molecule has 0 aromatic carbocycles.